The number of hydrogen-bond acceptors (Lipinski definition) is 15. The maximum Gasteiger partial charge on any atom is 0.472 e. The van der Waals surface area contributed by atoms with Gasteiger partial charge in [-0.2, -0.15) is 0 Å². The Morgan fingerprint density at radius 3 is 0.947 bits per heavy atom. The first-order chi connectivity index (χ1) is 45.3. The molecule has 554 valence electrons. The Kier molecular flexibility index (Phi) is 63.5. The number of ether oxygens (including phenoxy) is 4. The molecule has 0 aromatic carbocycles. The topological polar surface area (TPSA) is 237 Å². The Hall–Kier alpha value is -2.46. The molecule has 0 radical (unpaired) electrons. The minimum absolute atomic E-state index is 0.0995. The highest BCUT2D eigenvalue weighted by Crippen LogP contribution is 2.45. The zero-order chi connectivity index (χ0) is 69.4. The van der Waals surface area contributed by atoms with E-state index in [0.717, 1.165) is 133 Å². The quantitative estimate of drug-likeness (QED) is 0.0169. The fraction of sp³-hybridized carbons (Fsp3) is 0.893. The lowest BCUT2D eigenvalue weighted by molar-refractivity contribution is -0.161. The number of rotatable bonds is 71. The van der Waals surface area contributed by atoms with Crippen LogP contribution >= 0.6 is 15.6 Å². The summed E-state index contributed by atoms with van der Waals surface area (Å²) in [6.07, 6.45) is 53.4. The number of carbonyl (C=O) groups excluding carboxylic acids is 4. The van der Waals surface area contributed by atoms with Crippen molar-refractivity contribution in [2.24, 2.45) is 17.8 Å². The summed E-state index contributed by atoms with van der Waals surface area (Å²) in [5, 5.41) is 10.6. The largest absolute Gasteiger partial charge is 0.472 e. The van der Waals surface area contributed by atoms with Crippen molar-refractivity contribution in [3.63, 3.8) is 0 Å². The second-order valence-corrected chi connectivity index (χ2v) is 30.2. The van der Waals surface area contributed by atoms with E-state index in [1.54, 1.807) is 0 Å². The van der Waals surface area contributed by atoms with Gasteiger partial charge in [-0.25, -0.2) is 9.13 Å². The summed E-state index contributed by atoms with van der Waals surface area (Å²) < 4.78 is 68.4. The predicted molar refractivity (Wildman–Crippen MR) is 381 cm³/mol. The van der Waals surface area contributed by atoms with Crippen LogP contribution in [0.1, 0.15) is 357 Å². The van der Waals surface area contributed by atoms with E-state index in [1.807, 2.05) is 0 Å². The lowest BCUT2D eigenvalue weighted by atomic mass is 9.99. The fourth-order valence-corrected chi connectivity index (χ4v) is 12.4. The molecule has 3 N–H and O–H groups in total. The molecular formula is C75H142O17P2. The molecule has 0 aliphatic heterocycles. The smallest absolute Gasteiger partial charge is 0.462 e. The van der Waals surface area contributed by atoms with Gasteiger partial charge in [0.05, 0.1) is 26.4 Å². The molecule has 0 rings (SSSR count). The van der Waals surface area contributed by atoms with Gasteiger partial charge in [0.15, 0.2) is 12.2 Å². The van der Waals surface area contributed by atoms with Crippen LogP contribution in [0.2, 0.25) is 0 Å². The van der Waals surface area contributed by atoms with Gasteiger partial charge in [-0.3, -0.25) is 37.3 Å². The van der Waals surface area contributed by atoms with Crippen LogP contribution in [0.15, 0.2) is 24.3 Å². The van der Waals surface area contributed by atoms with Crippen molar-refractivity contribution in [1.82, 2.24) is 0 Å². The van der Waals surface area contributed by atoms with E-state index < -0.39 is 97.5 Å². The molecule has 0 aromatic heterocycles. The minimum Gasteiger partial charge on any atom is -0.462 e. The number of hydrogen-bond donors (Lipinski definition) is 3. The molecule has 0 saturated carbocycles. The number of phosphoric acid groups is 2. The number of carbonyl (C=O) groups is 4. The summed E-state index contributed by atoms with van der Waals surface area (Å²) in [5.74, 6) is 0.154. The van der Waals surface area contributed by atoms with Crippen LogP contribution in [0.3, 0.4) is 0 Å². The Balaban J connectivity index is 5.30. The third-order valence-corrected chi connectivity index (χ3v) is 19.4. The number of unbranched alkanes of at least 4 members (excludes halogenated alkanes) is 34. The number of aliphatic hydroxyl groups excluding tert-OH is 1. The summed E-state index contributed by atoms with van der Waals surface area (Å²) >= 11 is 0. The molecule has 94 heavy (non-hydrogen) atoms. The highest BCUT2D eigenvalue weighted by molar-refractivity contribution is 7.47. The number of phosphoric ester groups is 2. The molecule has 0 spiro atoms. The van der Waals surface area contributed by atoms with Crippen LogP contribution in [0.25, 0.3) is 0 Å². The second-order valence-electron chi connectivity index (χ2n) is 27.3. The molecular weight excluding hydrogens is 1230 g/mol. The van der Waals surface area contributed by atoms with E-state index in [4.69, 9.17) is 37.0 Å². The maximum atomic E-state index is 13.1. The van der Waals surface area contributed by atoms with Gasteiger partial charge in [0.1, 0.15) is 19.3 Å². The van der Waals surface area contributed by atoms with E-state index in [-0.39, 0.29) is 25.7 Å². The molecule has 0 aromatic rings. The zero-order valence-electron chi connectivity index (χ0n) is 60.9. The summed E-state index contributed by atoms with van der Waals surface area (Å²) in [4.78, 5) is 72.8. The standard InChI is InChI=1S/C75H142O17P2/c1-8-11-12-13-14-15-16-17-18-19-23-29-34-42-49-56-72(77)85-62-70(91-74(79)58-51-44-35-30-24-21-20-22-27-32-39-46-53-66(4)5)64-89-93(81,82)87-60-69(76)61-88-94(83,84)90-65-71(63-86-73(78)57-50-43-38-37-41-48-55-68(7)10-3)92-75(80)59-52-45-36-31-26-25-28-33-40-47-54-67(6)9-2/h15-18,66-71,76H,8-14,19-65H2,1-7H3,(H,81,82)(H,83,84)/b16-15-,18-17-/t67?,68?,69-,70-,71-/m1/s1. The van der Waals surface area contributed by atoms with Crippen molar-refractivity contribution in [3.05, 3.63) is 24.3 Å². The average Bonchev–Trinajstić information content (AvgIpc) is 1.79. The molecule has 0 fully saturated rings. The van der Waals surface area contributed by atoms with Crippen molar-refractivity contribution in [3.8, 4) is 0 Å². The third kappa shape index (κ3) is 65.5. The van der Waals surface area contributed by atoms with Crippen molar-refractivity contribution in [2.75, 3.05) is 39.6 Å². The van der Waals surface area contributed by atoms with Gasteiger partial charge in [0.2, 0.25) is 0 Å². The Morgan fingerprint density at radius 1 is 0.351 bits per heavy atom. The summed E-state index contributed by atoms with van der Waals surface area (Å²) in [5.41, 5.74) is 0. The van der Waals surface area contributed by atoms with Gasteiger partial charge in [0.25, 0.3) is 0 Å². The highest BCUT2D eigenvalue weighted by Gasteiger charge is 2.30. The summed E-state index contributed by atoms with van der Waals surface area (Å²) in [6, 6.07) is 0. The Morgan fingerprint density at radius 2 is 0.628 bits per heavy atom. The third-order valence-electron chi connectivity index (χ3n) is 17.5. The van der Waals surface area contributed by atoms with Gasteiger partial charge in [0, 0.05) is 25.7 Å². The van der Waals surface area contributed by atoms with Crippen LogP contribution in [-0.4, -0.2) is 96.7 Å². The van der Waals surface area contributed by atoms with E-state index in [2.05, 4.69) is 72.8 Å². The molecule has 0 aliphatic rings. The van der Waals surface area contributed by atoms with Crippen LogP contribution in [0, 0.1) is 17.8 Å². The molecule has 0 saturated heterocycles. The average molecular weight is 1380 g/mol. The molecule has 0 aliphatic carbocycles. The molecule has 0 heterocycles. The summed E-state index contributed by atoms with van der Waals surface area (Å²) in [6.45, 7) is 11.8. The first-order valence-corrected chi connectivity index (χ1v) is 41.2. The molecule has 7 atom stereocenters. The second kappa shape index (κ2) is 65.2. The number of aliphatic hydroxyl groups is 1. The summed E-state index contributed by atoms with van der Waals surface area (Å²) in [7, 11) is -9.92. The van der Waals surface area contributed by atoms with Gasteiger partial charge in [-0.05, 0) is 69.1 Å². The van der Waals surface area contributed by atoms with Crippen molar-refractivity contribution < 1.29 is 80.2 Å². The molecule has 4 unspecified atom stereocenters. The first-order valence-electron chi connectivity index (χ1n) is 38.2. The molecule has 0 amide bonds. The van der Waals surface area contributed by atoms with Crippen molar-refractivity contribution >= 4 is 39.5 Å². The first kappa shape index (κ1) is 91.5. The van der Waals surface area contributed by atoms with Gasteiger partial charge >= 0.3 is 39.5 Å². The maximum absolute atomic E-state index is 13.1. The van der Waals surface area contributed by atoms with E-state index in [9.17, 15) is 43.2 Å². The van der Waals surface area contributed by atoms with Crippen LogP contribution in [0.5, 0.6) is 0 Å². The zero-order valence-corrected chi connectivity index (χ0v) is 62.7. The SMILES string of the molecule is CCCCCC/C=C\C=C/CCCCCCCC(=O)OC[C@H](COP(=O)(O)OC[C@@H](O)COP(=O)(O)OC[C@@H](COC(=O)CCCCCCCCC(C)CC)OC(=O)CCCCCCCCCCCCC(C)CC)OC(=O)CCCCCCCCCCCCCCC(C)C. The number of allylic oxidation sites excluding steroid dienone is 4. The minimum atomic E-state index is -4.96. The van der Waals surface area contributed by atoms with Crippen LogP contribution in [-0.2, 0) is 65.4 Å². The van der Waals surface area contributed by atoms with Crippen molar-refractivity contribution in [2.45, 2.75) is 375 Å². The highest BCUT2D eigenvalue weighted by atomic mass is 31.2. The lowest BCUT2D eigenvalue weighted by Gasteiger charge is -2.21. The predicted octanol–water partition coefficient (Wildman–Crippen LogP) is 21.3. The Bertz CT molecular complexity index is 1930. The van der Waals surface area contributed by atoms with Crippen LogP contribution in [0.4, 0.5) is 0 Å². The normalized spacial score (nSPS) is 14.8. The van der Waals surface area contributed by atoms with E-state index in [0.29, 0.717) is 25.7 Å². The van der Waals surface area contributed by atoms with Crippen molar-refractivity contribution in [1.29, 1.82) is 0 Å². The van der Waals surface area contributed by atoms with Gasteiger partial charge in [-0.15, -0.1) is 0 Å². The van der Waals surface area contributed by atoms with Gasteiger partial charge in [-0.1, -0.05) is 304 Å². The Labute approximate surface area is 573 Å². The molecule has 17 nitrogen and oxygen atoms in total. The molecule has 0 bridgehead atoms. The monoisotopic (exact) mass is 1380 g/mol. The van der Waals surface area contributed by atoms with Gasteiger partial charge < -0.3 is 33.8 Å². The lowest BCUT2D eigenvalue weighted by Crippen LogP contribution is -2.30. The molecule has 19 heteroatoms. The van der Waals surface area contributed by atoms with E-state index in [1.165, 1.54) is 141 Å². The number of esters is 4. The fourth-order valence-electron chi connectivity index (χ4n) is 10.8. The van der Waals surface area contributed by atoms with Crippen LogP contribution < -0.4 is 0 Å². The van der Waals surface area contributed by atoms with E-state index >= 15 is 0 Å².